The molecule has 0 fully saturated rings. The van der Waals surface area contributed by atoms with Crippen LogP contribution in [-0.2, 0) is 0 Å². The van der Waals surface area contributed by atoms with Crippen LogP contribution in [0.15, 0.2) is 23.8 Å². The van der Waals surface area contributed by atoms with Crippen LogP contribution in [0.1, 0.15) is 0 Å². The first-order valence-corrected chi connectivity index (χ1v) is 3.65. The van der Waals surface area contributed by atoms with Gasteiger partial charge in [0.2, 0.25) is 0 Å². The Balaban J connectivity index is 2.49. The van der Waals surface area contributed by atoms with Gasteiger partial charge < -0.3 is 0 Å². The number of hydrogen-bond acceptors (Lipinski definition) is 2. The molecular formula is C4H4INS. The van der Waals surface area contributed by atoms with E-state index in [-0.39, 0.29) is 0 Å². The minimum absolute atomic E-state index is 1.67. The first-order chi connectivity index (χ1) is 3.39. The summed E-state index contributed by atoms with van der Waals surface area (Å²) in [5, 5.41) is 2.03. The number of halogens is 1. The van der Waals surface area contributed by atoms with Crippen molar-refractivity contribution in [1.82, 2.24) is 2.52 Å². The average molecular weight is 225 g/mol. The van der Waals surface area contributed by atoms with Crippen LogP contribution in [0.3, 0.4) is 0 Å². The third-order valence-corrected chi connectivity index (χ3v) is 2.16. The van der Waals surface area contributed by atoms with E-state index < -0.39 is 0 Å². The minimum atomic E-state index is 1.67. The van der Waals surface area contributed by atoms with E-state index in [0.29, 0.717) is 0 Å². The normalized spacial score (nSPS) is 18.1. The lowest BCUT2D eigenvalue weighted by atomic mass is 10.6. The largest absolute Gasteiger partial charge is 0.260 e. The van der Waals surface area contributed by atoms with Gasteiger partial charge in [-0.15, -0.1) is 0 Å². The smallest absolute Gasteiger partial charge is 0.0709 e. The fourth-order valence-electron chi connectivity index (χ4n) is 0.291. The third-order valence-electron chi connectivity index (χ3n) is 0.555. The Bertz CT molecular complexity index is 110. The topological polar surface area (TPSA) is 3.24 Å². The summed E-state index contributed by atoms with van der Waals surface area (Å²) in [6.45, 7) is 0. The fourth-order valence-corrected chi connectivity index (χ4v) is 1.29. The van der Waals surface area contributed by atoms with E-state index >= 15 is 0 Å². The van der Waals surface area contributed by atoms with E-state index in [1.54, 1.807) is 11.9 Å². The molecule has 0 aliphatic carbocycles. The lowest BCUT2D eigenvalue weighted by Crippen LogP contribution is -1.86. The molecule has 3 heteroatoms. The Hall–Kier alpha value is 0.360. The van der Waals surface area contributed by atoms with Crippen molar-refractivity contribution in [2.24, 2.45) is 0 Å². The molecule has 0 N–H and O–H groups in total. The molecule has 0 amide bonds. The van der Waals surface area contributed by atoms with E-state index in [2.05, 4.69) is 22.9 Å². The highest BCUT2D eigenvalue weighted by Crippen LogP contribution is 2.20. The molecule has 0 bridgehead atoms. The van der Waals surface area contributed by atoms with E-state index in [0.717, 1.165) is 0 Å². The van der Waals surface area contributed by atoms with Gasteiger partial charge in [-0.05, 0) is 23.4 Å². The van der Waals surface area contributed by atoms with Crippen molar-refractivity contribution in [2.45, 2.75) is 0 Å². The predicted molar refractivity (Wildman–Crippen MR) is 41.7 cm³/mol. The molecule has 0 saturated heterocycles. The highest BCUT2D eigenvalue weighted by atomic mass is 127. The van der Waals surface area contributed by atoms with Crippen molar-refractivity contribution in [3.05, 3.63) is 23.8 Å². The third kappa shape index (κ3) is 1.73. The number of rotatable bonds is 0. The Morgan fingerprint density at radius 2 is 2.29 bits per heavy atom. The molecule has 0 aromatic rings. The summed E-state index contributed by atoms with van der Waals surface area (Å²) in [5.41, 5.74) is 0. The summed E-state index contributed by atoms with van der Waals surface area (Å²) in [7, 11) is 0. The summed E-state index contributed by atoms with van der Waals surface area (Å²) >= 11 is 3.89. The molecule has 1 heterocycles. The SMILES string of the molecule is IN1C=CC=CS1. The van der Waals surface area contributed by atoms with E-state index in [1.807, 2.05) is 26.3 Å². The Morgan fingerprint density at radius 3 is 2.57 bits per heavy atom. The van der Waals surface area contributed by atoms with Crippen LogP contribution < -0.4 is 0 Å². The molecule has 0 aromatic heterocycles. The van der Waals surface area contributed by atoms with Gasteiger partial charge in [0.05, 0.1) is 22.9 Å². The minimum Gasteiger partial charge on any atom is -0.260 e. The maximum absolute atomic E-state index is 2.21. The van der Waals surface area contributed by atoms with Gasteiger partial charge in [0.15, 0.2) is 0 Å². The Kier molecular flexibility index (Phi) is 2.05. The summed E-state index contributed by atoms with van der Waals surface area (Å²) in [6.07, 6.45) is 6.02. The molecule has 0 atom stereocenters. The van der Waals surface area contributed by atoms with Crippen LogP contribution >= 0.6 is 34.8 Å². The van der Waals surface area contributed by atoms with Gasteiger partial charge in [-0.1, -0.05) is 6.08 Å². The van der Waals surface area contributed by atoms with Gasteiger partial charge >= 0.3 is 0 Å². The first kappa shape index (κ1) is 5.50. The van der Waals surface area contributed by atoms with Gasteiger partial charge in [0.25, 0.3) is 0 Å². The van der Waals surface area contributed by atoms with Gasteiger partial charge in [0, 0.05) is 6.20 Å². The van der Waals surface area contributed by atoms with Crippen LogP contribution in [0.5, 0.6) is 0 Å². The molecule has 38 valence electrons. The first-order valence-electron chi connectivity index (χ1n) is 1.85. The standard InChI is InChI=1S/C4H4INS/c5-6-3-1-2-4-7-6/h1-4H. The van der Waals surface area contributed by atoms with Crippen molar-refractivity contribution in [1.29, 1.82) is 0 Å². The lowest BCUT2D eigenvalue weighted by molar-refractivity contribution is 1.12. The number of nitrogens with zero attached hydrogens (tertiary/aromatic N) is 1. The lowest BCUT2D eigenvalue weighted by Gasteiger charge is -2.06. The van der Waals surface area contributed by atoms with Crippen molar-refractivity contribution in [3.8, 4) is 0 Å². The Labute approximate surface area is 61.1 Å². The van der Waals surface area contributed by atoms with Crippen molar-refractivity contribution < 1.29 is 0 Å². The number of hydrogen-bond donors (Lipinski definition) is 0. The molecule has 1 aliphatic rings. The van der Waals surface area contributed by atoms with Gasteiger partial charge in [-0.25, -0.2) is 0 Å². The van der Waals surface area contributed by atoms with Crippen molar-refractivity contribution in [2.75, 3.05) is 0 Å². The van der Waals surface area contributed by atoms with Crippen LogP contribution in [-0.4, -0.2) is 2.52 Å². The maximum atomic E-state index is 2.21. The quantitative estimate of drug-likeness (QED) is 0.353. The van der Waals surface area contributed by atoms with E-state index in [4.69, 9.17) is 0 Å². The molecule has 1 nitrogen and oxygen atoms in total. The zero-order valence-electron chi connectivity index (χ0n) is 3.54. The second-order valence-corrected chi connectivity index (χ2v) is 3.62. The van der Waals surface area contributed by atoms with E-state index in [1.165, 1.54) is 0 Å². The molecule has 0 unspecified atom stereocenters. The highest BCUT2D eigenvalue weighted by Gasteiger charge is 1.89. The summed E-state index contributed by atoms with van der Waals surface area (Å²) < 4.78 is 2.01. The molecule has 0 saturated carbocycles. The van der Waals surface area contributed by atoms with E-state index in [9.17, 15) is 0 Å². The molecule has 1 aliphatic heterocycles. The molecule has 0 spiro atoms. The zero-order chi connectivity index (χ0) is 5.11. The highest BCUT2D eigenvalue weighted by molar-refractivity contribution is 14.1. The van der Waals surface area contributed by atoms with Crippen LogP contribution in [0.4, 0.5) is 0 Å². The van der Waals surface area contributed by atoms with Gasteiger partial charge in [-0.2, -0.15) is 0 Å². The second kappa shape index (κ2) is 2.61. The zero-order valence-corrected chi connectivity index (χ0v) is 6.52. The second-order valence-electron chi connectivity index (χ2n) is 1.05. The molecular weight excluding hydrogens is 221 g/mol. The summed E-state index contributed by atoms with van der Waals surface area (Å²) in [5.74, 6) is 0. The molecule has 0 radical (unpaired) electrons. The fraction of sp³-hybridized carbons (Fsp3) is 0. The average Bonchev–Trinajstić information content (AvgIpc) is 1.69. The summed E-state index contributed by atoms with van der Waals surface area (Å²) in [4.78, 5) is 0. The van der Waals surface area contributed by atoms with Crippen molar-refractivity contribution in [3.63, 3.8) is 0 Å². The number of allylic oxidation sites excluding steroid dienone is 2. The monoisotopic (exact) mass is 225 g/mol. The maximum Gasteiger partial charge on any atom is 0.0709 e. The van der Waals surface area contributed by atoms with Crippen LogP contribution in [0.2, 0.25) is 0 Å². The predicted octanol–water partition coefficient (Wildman–Crippen LogP) is 2.33. The van der Waals surface area contributed by atoms with Gasteiger partial charge in [0.1, 0.15) is 0 Å². The van der Waals surface area contributed by atoms with Crippen molar-refractivity contribution >= 4 is 34.8 Å². The van der Waals surface area contributed by atoms with Crippen LogP contribution in [0.25, 0.3) is 0 Å². The Morgan fingerprint density at radius 1 is 1.43 bits per heavy atom. The molecule has 1 rings (SSSR count). The molecule has 0 aromatic carbocycles. The van der Waals surface area contributed by atoms with Gasteiger partial charge in [-0.3, -0.25) is 2.52 Å². The summed E-state index contributed by atoms with van der Waals surface area (Å²) in [6, 6.07) is 0. The molecule has 7 heavy (non-hydrogen) atoms. The van der Waals surface area contributed by atoms with Crippen LogP contribution in [0, 0.1) is 0 Å².